The minimum atomic E-state index is -2.39. The van der Waals surface area contributed by atoms with Crippen molar-refractivity contribution >= 4 is 22.4 Å². The van der Waals surface area contributed by atoms with Crippen molar-refractivity contribution < 1.29 is 47.5 Å². The fourth-order valence-electron chi connectivity index (χ4n) is 10.4. The van der Waals surface area contributed by atoms with Crippen molar-refractivity contribution in [1.29, 1.82) is 0 Å². The SMILES string of the molecule is CC/C=C/[C@H]([C@@H]1O[C@H](c2ccccc2)O[C@H](CO[Si](C(C)C)(C(C)C)C(C)C)[C@H]1OCOCC[Si](C)(C)C)[C@@](CCCCOCc1ccc(OC)cc1)(C[C@H](C)[C@@H](C)COCc1ccccc1)C(=O)O. The average Bonchev–Trinajstić information content (AvgIpc) is 3.32. The molecule has 1 saturated heterocycles. The number of carboxylic acids is 1. The van der Waals surface area contributed by atoms with Crippen LogP contribution in [0.3, 0.4) is 0 Å². The van der Waals surface area contributed by atoms with Crippen LogP contribution in [-0.2, 0) is 50.9 Å². The summed E-state index contributed by atoms with van der Waals surface area (Å²) in [5, 5.41) is 12.1. The first-order valence-electron chi connectivity index (χ1n) is 26.3. The summed E-state index contributed by atoms with van der Waals surface area (Å²) in [6.45, 7) is 30.0. The molecule has 0 aromatic heterocycles. The lowest BCUT2D eigenvalue weighted by Gasteiger charge is -2.50. The van der Waals surface area contributed by atoms with Crippen molar-refractivity contribution in [3.05, 3.63) is 114 Å². The quantitative estimate of drug-likeness (QED) is 0.0274. The summed E-state index contributed by atoms with van der Waals surface area (Å²) in [5.74, 6) is -0.645. The highest BCUT2D eigenvalue weighted by Gasteiger charge is 2.55. The van der Waals surface area contributed by atoms with Gasteiger partial charge in [0, 0.05) is 39.4 Å². The van der Waals surface area contributed by atoms with E-state index in [2.05, 4.69) is 106 Å². The van der Waals surface area contributed by atoms with Crippen LogP contribution in [0.15, 0.2) is 97.1 Å². The second kappa shape index (κ2) is 29.5. The predicted octanol–water partition coefficient (Wildman–Crippen LogP) is 14.3. The van der Waals surface area contributed by atoms with Gasteiger partial charge in [0.25, 0.3) is 0 Å². The van der Waals surface area contributed by atoms with Gasteiger partial charge in [0.2, 0.25) is 0 Å². The van der Waals surface area contributed by atoms with Crippen molar-refractivity contribution in [2.45, 2.75) is 175 Å². The van der Waals surface area contributed by atoms with Gasteiger partial charge in [0.1, 0.15) is 24.8 Å². The summed E-state index contributed by atoms with van der Waals surface area (Å²) in [6, 6.07) is 29.0. The van der Waals surface area contributed by atoms with Gasteiger partial charge in [0.05, 0.1) is 38.4 Å². The van der Waals surface area contributed by atoms with Crippen LogP contribution >= 0.6 is 0 Å². The third kappa shape index (κ3) is 17.5. The monoisotopic (exact) mass is 1000 g/mol. The Hall–Kier alpha value is -3.18. The number of methoxy groups -OCH3 is 1. The Morgan fingerprint density at radius 2 is 1.37 bits per heavy atom. The molecule has 0 aliphatic carbocycles. The molecule has 4 rings (SSSR count). The van der Waals surface area contributed by atoms with Gasteiger partial charge in [-0.05, 0) is 89.9 Å². The van der Waals surface area contributed by atoms with Crippen molar-refractivity contribution in [3.8, 4) is 5.75 Å². The number of carboxylic acid groups (broad SMARTS) is 1. The van der Waals surface area contributed by atoms with Crippen LogP contribution in [0.25, 0.3) is 0 Å². The Kier molecular flexibility index (Phi) is 25.0. The van der Waals surface area contributed by atoms with Crippen LogP contribution in [0.4, 0.5) is 0 Å². The Bertz CT molecular complexity index is 1900. The van der Waals surface area contributed by atoms with Crippen LogP contribution in [0.2, 0.25) is 42.3 Å². The molecule has 1 fully saturated rings. The van der Waals surface area contributed by atoms with Gasteiger partial charge in [-0.25, -0.2) is 0 Å². The lowest BCUT2D eigenvalue weighted by molar-refractivity contribution is -0.322. The van der Waals surface area contributed by atoms with Gasteiger partial charge in [0.15, 0.2) is 14.6 Å². The van der Waals surface area contributed by atoms with E-state index < -0.39 is 58.3 Å². The Labute approximate surface area is 425 Å². The maximum Gasteiger partial charge on any atom is 0.310 e. The van der Waals surface area contributed by atoms with Crippen molar-refractivity contribution in [3.63, 3.8) is 0 Å². The summed E-state index contributed by atoms with van der Waals surface area (Å²) >= 11 is 0. The summed E-state index contributed by atoms with van der Waals surface area (Å²) in [6.07, 6.45) is 4.21. The Morgan fingerprint density at radius 1 is 0.757 bits per heavy atom. The predicted molar refractivity (Wildman–Crippen MR) is 288 cm³/mol. The van der Waals surface area contributed by atoms with Crippen LogP contribution in [-0.4, -0.2) is 86.1 Å². The number of hydrogen-bond acceptors (Lipinski definition) is 9. The molecule has 392 valence electrons. The molecule has 1 aliphatic rings. The molecule has 0 bridgehead atoms. The Balaban J connectivity index is 1.81. The molecule has 3 aromatic carbocycles. The average molecular weight is 1010 g/mol. The first-order valence-corrected chi connectivity index (χ1v) is 32.1. The van der Waals surface area contributed by atoms with E-state index >= 15 is 0 Å². The first-order chi connectivity index (χ1) is 33.4. The lowest BCUT2D eigenvalue weighted by Crippen LogP contribution is -2.59. The number of ether oxygens (including phenoxy) is 7. The molecule has 0 amide bonds. The molecule has 0 unspecified atom stereocenters. The van der Waals surface area contributed by atoms with Crippen LogP contribution < -0.4 is 4.74 Å². The highest BCUT2D eigenvalue weighted by molar-refractivity contribution is 6.77. The topological polar surface area (TPSA) is 111 Å². The fraction of sp³-hybridized carbons (Fsp3) is 0.638. The molecule has 8 atom stereocenters. The highest BCUT2D eigenvalue weighted by Crippen LogP contribution is 2.50. The van der Waals surface area contributed by atoms with E-state index in [9.17, 15) is 9.90 Å². The van der Waals surface area contributed by atoms with E-state index in [-0.39, 0.29) is 25.2 Å². The highest BCUT2D eigenvalue weighted by atomic mass is 28.4. The zero-order valence-corrected chi connectivity index (χ0v) is 47.3. The molecule has 10 nitrogen and oxygen atoms in total. The maximum absolute atomic E-state index is 14.7. The number of benzene rings is 3. The van der Waals surface area contributed by atoms with E-state index in [0.29, 0.717) is 75.3 Å². The molecule has 0 saturated carbocycles. The minimum Gasteiger partial charge on any atom is -0.497 e. The molecule has 1 N–H and O–H groups in total. The fourth-order valence-corrected chi connectivity index (χ4v) is 16.7. The number of aliphatic carboxylic acids is 1. The normalized spacial score (nSPS) is 20.2. The van der Waals surface area contributed by atoms with E-state index in [1.54, 1.807) is 7.11 Å². The zero-order chi connectivity index (χ0) is 51.3. The minimum absolute atomic E-state index is 0.0218. The van der Waals surface area contributed by atoms with Crippen LogP contribution in [0, 0.1) is 23.2 Å². The van der Waals surface area contributed by atoms with Gasteiger partial charge in [-0.1, -0.05) is 167 Å². The summed E-state index contributed by atoms with van der Waals surface area (Å²) in [4.78, 5) is 14.7. The summed E-state index contributed by atoms with van der Waals surface area (Å²) in [7, 11) is -2.13. The summed E-state index contributed by atoms with van der Waals surface area (Å²) < 4.78 is 52.8. The molecule has 70 heavy (non-hydrogen) atoms. The van der Waals surface area contributed by atoms with Gasteiger partial charge >= 0.3 is 5.97 Å². The molecular weight excluding hydrogens is 913 g/mol. The third-order valence-electron chi connectivity index (χ3n) is 14.6. The van der Waals surface area contributed by atoms with Gasteiger partial charge < -0.3 is 42.7 Å². The van der Waals surface area contributed by atoms with Crippen LogP contribution in [0.5, 0.6) is 5.75 Å². The molecular formula is C58H92O10Si2. The number of rotatable bonds is 33. The lowest BCUT2D eigenvalue weighted by atomic mass is 9.62. The van der Waals surface area contributed by atoms with Gasteiger partial charge in [-0.2, -0.15) is 0 Å². The van der Waals surface area contributed by atoms with Gasteiger partial charge in [-0.3, -0.25) is 4.79 Å². The van der Waals surface area contributed by atoms with Crippen LogP contribution in [0.1, 0.15) is 117 Å². The standard InChI is InChI=1S/C58H92O10Si2/c1-14-15-28-52(58(57(59)60,33-22-23-34-62-39-49-29-31-51(61-10)32-30-49)37-46(8)47(9)38-64-40-48-24-18-16-19-25-48)54-55(65-42-63-35-36-69(11,12)13)53(67-56(68-54)50-26-20-17-21-27-50)41-66-70(43(2)3,44(4)5)45(6)7/h15-21,24-32,43-47,52-56H,14,22-23,33-42H2,1-13H3,(H,59,60)/b28-15+/t46-,47-,52+,53+,54-,55+,56+,58+/m0/s1. The molecule has 1 heterocycles. The summed E-state index contributed by atoms with van der Waals surface area (Å²) in [5.41, 5.74) is 2.77. The third-order valence-corrected chi connectivity index (χ3v) is 22.4. The smallest absolute Gasteiger partial charge is 0.310 e. The molecule has 3 aromatic rings. The largest absolute Gasteiger partial charge is 0.497 e. The number of allylic oxidation sites excluding steroid dienone is 1. The van der Waals surface area contributed by atoms with Crippen molar-refractivity contribution in [2.75, 3.05) is 40.3 Å². The molecule has 0 radical (unpaired) electrons. The zero-order valence-electron chi connectivity index (χ0n) is 45.3. The van der Waals surface area contributed by atoms with Crippen molar-refractivity contribution in [1.82, 2.24) is 0 Å². The first kappa shape index (κ1) is 59.4. The second-order valence-corrected chi connectivity index (χ2v) is 33.0. The number of hydrogen-bond donors (Lipinski definition) is 1. The van der Waals surface area contributed by atoms with Crippen molar-refractivity contribution in [2.24, 2.45) is 23.2 Å². The van der Waals surface area contributed by atoms with Gasteiger partial charge in [-0.15, -0.1) is 0 Å². The molecule has 12 heteroatoms. The molecule has 0 spiro atoms. The Morgan fingerprint density at radius 3 is 1.96 bits per heavy atom. The van der Waals surface area contributed by atoms with E-state index in [4.69, 9.17) is 37.6 Å². The number of unbranched alkanes of at least 4 members (excludes halogenated alkanes) is 1. The number of carbonyl (C=O) groups is 1. The second-order valence-electron chi connectivity index (χ2n) is 22.0. The maximum atomic E-state index is 14.7. The molecule has 1 aliphatic heterocycles. The van der Waals surface area contributed by atoms with E-state index in [0.717, 1.165) is 34.9 Å². The van der Waals surface area contributed by atoms with E-state index in [1.165, 1.54) is 0 Å². The van der Waals surface area contributed by atoms with E-state index in [1.807, 2.05) is 72.8 Å².